The average Bonchev–Trinajstić information content (AvgIpc) is 2.66. The molecule has 2 rings (SSSR count). The Bertz CT molecular complexity index is 854. The standard InChI is InChI=1S/C20H21F2NO5/c1-12-4-6-15(8-13(12)2)19(25)23-10-18(24)27-11-14-5-7-16(28-20(21)22)17(9-14)26-3/h4-9,20H,10-11H2,1-3H3,(H,23,25). The Morgan fingerprint density at radius 1 is 1.04 bits per heavy atom. The van der Waals surface area contributed by atoms with Crippen LogP contribution in [0.3, 0.4) is 0 Å². The van der Waals surface area contributed by atoms with E-state index in [4.69, 9.17) is 9.47 Å². The Kier molecular flexibility index (Phi) is 7.31. The van der Waals surface area contributed by atoms with Gasteiger partial charge in [-0.3, -0.25) is 9.59 Å². The van der Waals surface area contributed by atoms with Gasteiger partial charge in [0.2, 0.25) is 0 Å². The van der Waals surface area contributed by atoms with Crippen molar-refractivity contribution < 1.29 is 32.6 Å². The Balaban J connectivity index is 1.86. The van der Waals surface area contributed by atoms with E-state index in [0.717, 1.165) is 11.1 Å². The minimum Gasteiger partial charge on any atom is -0.493 e. The molecule has 1 amide bonds. The van der Waals surface area contributed by atoms with Gasteiger partial charge in [0, 0.05) is 5.56 Å². The first kappa shape index (κ1) is 21.1. The van der Waals surface area contributed by atoms with E-state index in [1.165, 1.54) is 25.3 Å². The lowest BCUT2D eigenvalue weighted by atomic mass is 10.1. The minimum absolute atomic E-state index is 0.0943. The number of aryl methyl sites for hydroxylation is 2. The highest BCUT2D eigenvalue weighted by atomic mass is 19.3. The number of hydrogen-bond acceptors (Lipinski definition) is 5. The van der Waals surface area contributed by atoms with Crippen LogP contribution in [0.25, 0.3) is 0 Å². The first-order valence-corrected chi connectivity index (χ1v) is 8.43. The largest absolute Gasteiger partial charge is 0.493 e. The van der Waals surface area contributed by atoms with Crippen molar-refractivity contribution in [1.82, 2.24) is 5.32 Å². The second-order valence-electron chi connectivity index (χ2n) is 6.01. The molecule has 0 atom stereocenters. The zero-order chi connectivity index (χ0) is 20.7. The molecule has 0 aromatic heterocycles. The number of nitrogens with one attached hydrogen (secondary N) is 1. The van der Waals surface area contributed by atoms with Crippen LogP contribution in [0.4, 0.5) is 8.78 Å². The second kappa shape index (κ2) is 9.68. The van der Waals surface area contributed by atoms with Gasteiger partial charge in [0.15, 0.2) is 11.5 Å². The van der Waals surface area contributed by atoms with Gasteiger partial charge >= 0.3 is 12.6 Å². The third-order valence-corrected chi connectivity index (χ3v) is 4.01. The van der Waals surface area contributed by atoms with Crippen molar-refractivity contribution in [2.24, 2.45) is 0 Å². The molecule has 0 heterocycles. The van der Waals surface area contributed by atoms with E-state index < -0.39 is 12.6 Å². The number of carbonyl (C=O) groups is 2. The van der Waals surface area contributed by atoms with Gasteiger partial charge in [0.05, 0.1) is 7.11 Å². The van der Waals surface area contributed by atoms with Crippen LogP contribution in [0.1, 0.15) is 27.0 Å². The van der Waals surface area contributed by atoms with Crippen LogP contribution in [0.15, 0.2) is 36.4 Å². The monoisotopic (exact) mass is 393 g/mol. The van der Waals surface area contributed by atoms with Crippen molar-refractivity contribution in [3.63, 3.8) is 0 Å². The molecule has 2 aromatic rings. The van der Waals surface area contributed by atoms with Crippen molar-refractivity contribution in [1.29, 1.82) is 0 Å². The van der Waals surface area contributed by atoms with Crippen LogP contribution < -0.4 is 14.8 Å². The second-order valence-corrected chi connectivity index (χ2v) is 6.01. The smallest absolute Gasteiger partial charge is 0.387 e. The molecule has 0 aliphatic carbocycles. The summed E-state index contributed by atoms with van der Waals surface area (Å²) in [5.41, 5.74) is 3.02. The maximum atomic E-state index is 12.3. The summed E-state index contributed by atoms with van der Waals surface area (Å²) in [5, 5.41) is 2.49. The fraction of sp³-hybridized carbons (Fsp3) is 0.300. The lowest BCUT2D eigenvalue weighted by molar-refractivity contribution is -0.143. The predicted octanol–water partition coefficient (Wildman–Crippen LogP) is 3.39. The van der Waals surface area contributed by atoms with E-state index >= 15 is 0 Å². The molecule has 8 heteroatoms. The number of ether oxygens (including phenoxy) is 3. The fourth-order valence-corrected chi connectivity index (χ4v) is 2.35. The molecule has 0 aliphatic heterocycles. The van der Waals surface area contributed by atoms with Gasteiger partial charge in [-0.25, -0.2) is 0 Å². The van der Waals surface area contributed by atoms with Crippen LogP contribution in [-0.2, 0) is 16.1 Å². The van der Waals surface area contributed by atoms with Gasteiger partial charge in [-0.15, -0.1) is 0 Å². The number of alkyl halides is 2. The third-order valence-electron chi connectivity index (χ3n) is 4.01. The van der Waals surface area contributed by atoms with Crippen LogP contribution in [0, 0.1) is 13.8 Å². The summed E-state index contributed by atoms with van der Waals surface area (Å²) in [5.74, 6) is -1.04. The van der Waals surface area contributed by atoms with Crippen molar-refractivity contribution in [2.75, 3.05) is 13.7 Å². The summed E-state index contributed by atoms with van der Waals surface area (Å²) in [6, 6.07) is 9.45. The molecule has 0 spiro atoms. The van der Waals surface area contributed by atoms with Gasteiger partial charge in [-0.05, 0) is 54.8 Å². The Labute approximate surface area is 161 Å². The maximum Gasteiger partial charge on any atom is 0.387 e. The summed E-state index contributed by atoms with van der Waals surface area (Å²) in [7, 11) is 1.31. The number of hydrogen-bond donors (Lipinski definition) is 1. The molecule has 1 N–H and O–H groups in total. The van der Waals surface area contributed by atoms with Gasteiger partial charge in [-0.1, -0.05) is 12.1 Å². The molecule has 0 radical (unpaired) electrons. The SMILES string of the molecule is COc1cc(COC(=O)CNC(=O)c2ccc(C)c(C)c2)ccc1OC(F)F. The molecule has 0 fully saturated rings. The zero-order valence-corrected chi connectivity index (χ0v) is 15.8. The predicted molar refractivity (Wildman–Crippen MR) is 97.7 cm³/mol. The molecule has 150 valence electrons. The number of benzene rings is 2. The lowest BCUT2D eigenvalue weighted by Gasteiger charge is -2.12. The summed E-state index contributed by atoms with van der Waals surface area (Å²) in [4.78, 5) is 23.9. The Morgan fingerprint density at radius 2 is 1.79 bits per heavy atom. The van der Waals surface area contributed by atoms with Gasteiger partial charge in [0.1, 0.15) is 13.2 Å². The molecule has 2 aromatic carbocycles. The molecule has 0 unspecified atom stereocenters. The number of carbonyl (C=O) groups excluding carboxylic acids is 2. The average molecular weight is 393 g/mol. The van der Waals surface area contributed by atoms with E-state index in [0.29, 0.717) is 11.1 Å². The van der Waals surface area contributed by atoms with Crippen molar-refractivity contribution >= 4 is 11.9 Å². The van der Waals surface area contributed by atoms with Gasteiger partial charge < -0.3 is 19.5 Å². The molecular formula is C20H21F2NO5. The van der Waals surface area contributed by atoms with Gasteiger partial charge in [-0.2, -0.15) is 8.78 Å². The summed E-state index contributed by atoms with van der Waals surface area (Å²) in [6.45, 7) is 0.458. The lowest BCUT2D eigenvalue weighted by Crippen LogP contribution is -2.30. The molecule has 28 heavy (non-hydrogen) atoms. The normalized spacial score (nSPS) is 10.5. The summed E-state index contributed by atoms with van der Waals surface area (Å²) < 4.78 is 39.0. The third kappa shape index (κ3) is 5.94. The quantitative estimate of drug-likeness (QED) is 0.696. The highest BCUT2D eigenvalue weighted by molar-refractivity contribution is 5.96. The van der Waals surface area contributed by atoms with Crippen LogP contribution >= 0.6 is 0 Å². The zero-order valence-electron chi connectivity index (χ0n) is 15.8. The highest BCUT2D eigenvalue weighted by Gasteiger charge is 2.13. The molecule has 0 bridgehead atoms. The molecular weight excluding hydrogens is 372 g/mol. The maximum absolute atomic E-state index is 12.3. The number of esters is 1. The minimum atomic E-state index is -2.97. The van der Waals surface area contributed by atoms with Crippen molar-refractivity contribution in [3.05, 3.63) is 58.7 Å². The number of methoxy groups -OCH3 is 1. The van der Waals surface area contributed by atoms with Crippen LogP contribution in [0.2, 0.25) is 0 Å². The van der Waals surface area contributed by atoms with Crippen molar-refractivity contribution in [2.45, 2.75) is 27.1 Å². The van der Waals surface area contributed by atoms with E-state index in [2.05, 4.69) is 10.1 Å². The number of amides is 1. The van der Waals surface area contributed by atoms with E-state index in [1.54, 1.807) is 12.1 Å². The Morgan fingerprint density at radius 3 is 2.43 bits per heavy atom. The van der Waals surface area contributed by atoms with E-state index in [1.807, 2.05) is 19.9 Å². The van der Waals surface area contributed by atoms with E-state index in [9.17, 15) is 18.4 Å². The molecule has 0 saturated carbocycles. The number of halogens is 2. The molecule has 6 nitrogen and oxygen atoms in total. The van der Waals surface area contributed by atoms with Crippen LogP contribution in [0.5, 0.6) is 11.5 Å². The summed E-state index contributed by atoms with van der Waals surface area (Å²) in [6.07, 6.45) is 0. The first-order chi connectivity index (χ1) is 13.3. The first-order valence-electron chi connectivity index (χ1n) is 8.43. The topological polar surface area (TPSA) is 73.9 Å². The van der Waals surface area contributed by atoms with Gasteiger partial charge in [0.25, 0.3) is 5.91 Å². The Hall–Kier alpha value is -3.16. The molecule has 0 aliphatic rings. The summed E-state index contributed by atoms with van der Waals surface area (Å²) >= 11 is 0. The van der Waals surface area contributed by atoms with Crippen molar-refractivity contribution in [3.8, 4) is 11.5 Å². The fourth-order valence-electron chi connectivity index (χ4n) is 2.35. The number of rotatable bonds is 8. The van der Waals surface area contributed by atoms with Crippen LogP contribution in [-0.4, -0.2) is 32.1 Å². The molecule has 0 saturated heterocycles. The highest BCUT2D eigenvalue weighted by Crippen LogP contribution is 2.29. The van der Waals surface area contributed by atoms with E-state index in [-0.39, 0.29) is 30.6 Å².